The molecule has 31 heavy (non-hydrogen) atoms. The normalized spacial score (nSPS) is 22.7. The van der Waals surface area contributed by atoms with Crippen molar-refractivity contribution in [3.63, 3.8) is 0 Å². The second-order valence-electron chi connectivity index (χ2n) is 7.43. The predicted molar refractivity (Wildman–Crippen MR) is 114 cm³/mol. The van der Waals surface area contributed by atoms with Gasteiger partial charge in [0.15, 0.2) is 6.10 Å². The number of phenolic OH excluding ortho intramolecular Hbond substituents is 1. The first-order valence-electron chi connectivity index (χ1n) is 9.91. The van der Waals surface area contributed by atoms with Crippen molar-refractivity contribution in [3.05, 3.63) is 84.4 Å². The molecule has 3 aromatic rings. The number of ether oxygens (including phenoxy) is 1. The Kier molecular flexibility index (Phi) is 4.60. The van der Waals surface area contributed by atoms with Crippen LogP contribution in [0.25, 0.3) is 0 Å². The van der Waals surface area contributed by atoms with Gasteiger partial charge in [-0.3, -0.25) is 14.4 Å². The van der Waals surface area contributed by atoms with E-state index in [-0.39, 0.29) is 11.7 Å². The van der Waals surface area contributed by atoms with Crippen molar-refractivity contribution in [2.75, 3.05) is 17.1 Å². The number of phenols is 1. The van der Waals surface area contributed by atoms with Crippen LogP contribution in [0.4, 0.5) is 11.4 Å². The maximum Gasteiger partial charge on any atom is 0.266 e. The molecule has 7 nitrogen and oxygen atoms in total. The molecule has 1 N–H and O–H groups in total. The molecule has 5 rings (SSSR count). The minimum Gasteiger partial charge on any atom is -0.508 e. The fourth-order valence-electron chi connectivity index (χ4n) is 4.25. The molecule has 2 aliphatic heterocycles. The van der Waals surface area contributed by atoms with Crippen molar-refractivity contribution in [1.29, 1.82) is 0 Å². The molecule has 7 heteroatoms. The van der Waals surface area contributed by atoms with Crippen LogP contribution in [0.5, 0.6) is 11.5 Å². The van der Waals surface area contributed by atoms with Crippen LogP contribution in [-0.4, -0.2) is 30.1 Å². The standard InChI is InChI=1S/C24H20N2O5/c1-30-17-13-11-15(12-14-17)25-23(28)20-21(18-9-5-6-10-19(18)27)26(31-22(20)24(25)29)16-7-3-2-4-8-16/h2-14,20-22,27H,1H3/t20-,21+,22+/m0/s1. The summed E-state index contributed by atoms with van der Waals surface area (Å²) in [7, 11) is 1.55. The number of fused-ring (bicyclic) bond motifs is 1. The summed E-state index contributed by atoms with van der Waals surface area (Å²) >= 11 is 0. The topological polar surface area (TPSA) is 79.3 Å². The number of anilines is 2. The third-order valence-electron chi connectivity index (χ3n) is 5.71. The van der Waals surface area contributed by atoms with Crippen molar-refractivity contribution in [2.45, 2.75) is 12.1 Å². The Balaban J connectivity index is 1.58. The third-order valence-corrected chi connectivity index (χ3v) is 5.71. The maximum atomic E-state index is 13.5. The van der Waals surface area contributed by atoms with E-state index in [9.17, 15) is 14.7 Å². The summed E-state index contributed by atoms with van der Waals surface area (Å²) in [5, 5.41) is 12.1. The molecule has 2 saturated heterocycles. The second-order valence-corrected chi connectivity index (χ2v) is 7.43. The predicted octanol–water partition coefficient (Wildman–Crippen LogP) is 3.45. The zero-order valence-corrected chi connectivity index (χ0v) is 16.7. The highest BCUT2D eigenvalue weighted by molar-refractivity contribution is 6.24. The van der Waals surface area contributed by atoms with E-state index in [0.29, 0.717) is 22.7 Å². The van der Waals surface area contributed by atoms with Gasteiger partial charge in [0.25, 0.3) is 5.91 Å². The number of rotatable bonds is 4. The molecule has 3 aromatic carbocycles. The summed E-state index contributed by atoms with van der Waals surface area (Å²) in [5.41, 5.74) is 1.68. The first-order valence-corrected chi connectivity index (χ1v) is 9.91. The van der Waals surface area contributed by atoms with Crippen molar-refractivity contribution in [1.82, 2.24) is 0 Å². The molecule has 3 atom stereocenters. The minimum absolute atomic E-state index is 0.0424. The molecule has 0 saturated carbocycles. The number of methoxy groups -OCH3 is 1. The quantitative estimate of drug-likeness (QED) is 0.657. The number of carbonyl (C=O) groups excluding carboxylic acids is 2. The second kappa shape index (κ2) is 7.45. The van der Waals surface area contributed by atoms with Crippen LogP contribution >= 0.6 is 0 Å². The van der Waals surface area contributed by atoms with Gasteiger partial charge in [-0.05, 0) is 42.5 Å². The van der Waals surface area contributed by atoms with Crippen LogP contribution in [0.1, 0.15) is 11.6 Å². The van der Waals surface area contributed by atoms with E-state index in [1.165, 1.54) is 0 Å². The fraction of sp³-hybridized carbons (Fsp3) is 0.167. The Hall–Kier alpha value is -3.84. The monoisotopic (exact) mass is 416 g/mol. The van der Waals surface area contributed by atoms with E-state index in [2.05, 4.69) is 0 Å². The molecule has 0 aliphatic carbocycles. The molecule has 0 unspecified atom stereocenters. The zero-order valence-electron chi connectivity index (χ0n) is 16.7. The Morgan fingerprint density at radius 3 is 2.19 bits per heavy atom. The zero-order chi connectivity index (χ0) is 21.5. The Bertz CT molecular complexity index is 1130. The molecular weight excluding hydrogens is 396 g/mol. The van der Waals surface area contributed by atoms with Crippen molar-refractivity contribution < 1.29 is 24.3 Å². The average molecular weight is 416 g/mol. The Morgan fingerprint density at radius 2 is 1.52 bits per heavy atom. The molecule has 0 spiro atoms. The lowest BCUT2D eigenvalue weighted by molar-refractivity contribution is -0.126. The van der Waals surface area contributed by atoms with E-state index in [1.54, 1.807) is 60.7 Å². The van der Waals surface area contributed by atoms with Crippen LogP contribution in [0.3, 0.4) is 0 Å². The summed E-state index contributed by atoms with van der Waals surface area (Å²) in [4.78, 5) is 34.0. The fourth-order valence-corrected chi connectivity index (χ4v) is 4.25. The number of benzene rings is 3. The van der Waals surface area contributed by atoms with Crippen molar-refractivity contribution in [3.8, 4) is 11.5 Å². The highest BCUT2D eigenvalue weighted by Gasteiger charge is 2.60. The smallest absolute Gasteiger partial charge is 0.266 e. The number of nitrogens with zero attached hydrogens (tertiary/aromatic N) is 2. The van der Waals surface area contributed by atoms with Crippen molar-refractivity contribution in [2.24, 2.45) is 5.92 Å². The number of imide groups is 1. The summed E-state index contributed by atoms with van der Waals surface area (Å²) in [6, 6.07) is 22.1. The first kappa shape index (κ1) is 19.1. The summed E-state index contributed by atoms with van der Waals surface area (Å²) in [5.74, 6) is -0.934. The van der Waals surface area contributed by atoms with Gasteiger partial charge in [-0.2, -0.15) is 0 Å². The SMILES string of the molecule is COc1ccc(N2C(=O)[C@H]3[C@@H](c4ccccc4O)N(c4ccccc4)O[C@H]3C2=O)cc1. The summed E-state index contributed by atoms with van der Waals surface area (Å²) in [6.45, 7) is 0. The number of hydrogen-bond acceptors (Lipinski definition) is 6. The van der Waals surface area contributed by atoms with Crippen LogP contribution in [0, 0.1) is 5.92 Å². The third kappa shape index (κ3) is 3.02. The van der Waals surface area contributed by atoms with E-state index >= 15 is 0 Å². The van der Waals surface area contributed by atoms with Gasteiger partial charge in [0, 0.05) is 5.56 Å². The molecule has 2 amide bonds. The summed E-state index contributed by atoms with van der Waals surface area (Å²) in [6.07, 6.45) is -0.987. The van der Waals surface area contributed by atoms with E-state index in [4.69, 9.17) is 9.57 Å². The van der Waals surface area contributed by atoms with Gasteiger partial charge in [0.1, 0.15) is 17.4 Å². The van der Waals surface area contributed by atoms with E-state index in [1.807, 2.05) is 30.3 Å². The lowest BCUT2D eigenvalue weighted by atomic mass is 9.90. The number of para-hydroxylation sites is 2. The number of amides is 2. The average Bonchev–Trinajstić information content (AvgIpc) is 3.31. The number of hydrogen-bond donors (Lipinski definition) is 1. The Morgan fingerprint density at radius 1 is 0.839 bits per heavy atom. The summed E-state index contributed by atoms with van der Waals surface area (Å²) < 4.78 is 5.16. The van der Waals surface area contributed by atoms with Gasteiger partial charge in [0.2, 0.25) is 5.91 Å². The van der Waals surface area contributed by atoms with E-state index in [0.717, 1.165) is 4.90 Å². The number of hydroxylamine groups is 1. The van der Waals surface area contributed by atoms with Gasteiger partial charge in [-0.15, -0.1) is 0 Å². The van der Waals surface area contributed by atoms with Crippen LogP contribution < -0.4 is 14.7 Å². The van der Waals surface area contributed by atoms with Crippen LogP contribution in [0.2, 0.25) is 0 Å². The molecule has 2 aliphatic rings. The molecular formula is C24H20N2O5. The highest BCUT2D eigenvalue weighted by atomic mass is 16.7. The maximum absolute atomic E-state index is 13.5. The molecule has 0 radical (unpaired) electrons. The number of aromatic hydroxyl groups is 1. The van der Waals surface area contributed by atoms with Gasteiger partial charge in [0.05, 0.1) is 24.5 Å². The van der Waals surface area contributed by atoms with Crippen molar-refractivity contribution >= 4 is 23.2 Å². The van der Waals surface area contributed by atoms with Gasteiger partial charge >= 0.3 is 0 Å². The van der Waals surface area contributed by atoms with E-state index < -0.39 is 24.0 Å². The molecule has 0 bridgehead atoms. The van der Waals surface area contributed by atoms with Gasteiger partial charge in [-0.25, -0.2) is 9.96 Å². The molecule has 156 valence electrons. The largest absolute Gasteiger partial charge is 0.508 e. The molecule has 2 fully saturated rings. The minimum atomic E-state index is -0.987. The highest BCUT2D eigenvalue weighted by Crippen LogP contribution is 2.49. The molecule has 2 heterocycles. The lowest BCUT2D eigenvalue weighted by Crippen LogP contribution is -2.37. The molecule has 0 aromatic heterocycles. The van der Waals surface area contributed by atoms with Gasteiger partial charge < -0.3 is 9.84 Å². The number of carbonyl (C=O) groups is 2. The van der Waals surface area contributed by atoms with Crippen LogP contribution in [-0.2, 0) is 14.4 Å². The van der Waals surface area contributed by atoms with Crippen LogP contribution in [0.15, 0.2) is 78.9 Å². The lowest BCUT2D eigenvalue weighted by Gasteiger charge is -2.29. The first-order chi connectivity index (χ1) is 15.1. The Labute approximate surface area is 179 Å². The van der Waals surface area contributed by atoms with Gasteiger partial charge in [-0.1, -0.05) is 36.4 Å².